The molecule has 224 valence electrons. The molecule has 2 aromatic heterocycles. The number of aryl methyl sites for hydroxylation is 1. The Balaban J connectivity index is 1.21. The Kier molecular flexibility index (Phi) is 6.38. The molecule has 3 atom stereocenters. The summed E-state index contributed by atoms with van der Waals surface area (Å²) in [5, 5.41) is 14.8. The molecule has 9 heteroatoms. The Bertz CT molecular complexity index is 1780. The number of ether oxygens (including phenoxy) is 1. The summed E-state index contributed by atoms with van der Waals surface area (Å²) in [5.74, 6) is 2.74. The molecular formula is C35H37N7O2. The highest BCUT2D eigenvalue weighted by molar-refractivity contribution is 5.68. The predicted octanol–water partition coefficient (Wildman–Crippen LogP) is 5.54. The minimum atomic E-state index is -0.413. The molecule has 1 spiro atoms. The zero-order chi connectivity index (χ0) is 30.0. The van der Waals surface area contributed by atoms with Gasteiger partial charge in [-0.1, -0.05) is 35.5 Å². The number of rotatable bonds is 5. The minimum absolute atomic E-state index is 0.0202. The number of likely N-dealkylation sites (N-methyl/N-ethyl adjacent to an activating group) is 1. The molecular weight excluding hydrogens is 550 g/mol. The van der Waals surface area contributed by atoms with Crippen molar-refractivity contribution in [3.05, 3.63) is 81.6 Å². The van der Waals surface area contributed by atoms with Gasteiger partial charge in [-0.15, -0.1) is 0 Å². The summed E-state index contributed by atoms with van der Waals surface area (Å²) >= 11 is 0. The topological polar surface area (TPSA) is 117 Å². The lowest BCUT2D eigenvalue weighted by atomic mass is 9.68. The van der Waals surface area contributed by atoms with Gasteiger partial charge in [0.2, 0.25) is 5.88 Å². The first kappa shape index (κ1) is 27.2. The van der Waals surface area contributed by atoms with E-state index < -0.39 is 5.41 Å². The number of nitrogens with two attached hydrogens (primary N) is 1. The molecule has 2 N–H and O–H groups in total. The third kappa shape index (κ3) is 4.19. The highest BCUT2D eigenvalue weighted by Gasteiger charge is 2.49. The maximum Gasteiger partial charge on any atom is 0.219 e. The van der Waals surface area contributed by atoms with Crippen LogP contribution in [0, 0.1) is 11.3 Å². The van der Waals surface area contributed by atoms with E-state index in [9.17, 15) is 5.26 Å². The van der Waals surface area contributed by atoms with Gasteiger partial charge in [-0.2, -0.15) is 10.2 Å². The number of likely N-dealkylation sites (tertiary alicyclic amines) is 1. The van der Waals surface area contributed by atoms with E-state index in [4.69, 9.17) is 25.0 Å². The Labute approximate surface area is 257 Å². The minimum Gasteiger partial charge on any atom is -0.473 e. The maximum atomic E-state index is 10.1. The number of nitrogens with zero attached hydrogens (tertiary/aromatic N) is 6. The summed E-state index contributed by atoms with van der Waals surface area (Å²) in [6.45, 7) is 4.78. The van der Waals surface area contributed by atoms with Gasteiger partial charge in [0, 0.05) is 36.4 Å². The molecule has 9 nitrogen and oxygen atoms in total. The molecule has 1 saturated heterocycles. The molecule has 4 aromatic rings. The molecule has 3 unspecified atom stereocenters. The van der Waals surface area contributed by atoms with E-state index in [-0.39, 0.29) is 6.10 Å². The number of nitrogen functional groups attached to an aromatic ring is 1. The van der Waals surface area contributed by atoms with Gasteiger partial charge in [-0.3, -0.25) is 4.90 Å². The van der Waals surface area contributed by atoms with Crippen LogP contribution in [0.1, 0.15) is 78.2 Å². The van der Waals surface area contributed by atoms with Crippen LogP contribution in [0.25, 0.3) is 11.5 Å². The van der Waals surface area contributed by atoms with Crippen molar-refractivity contribution in [2.24, 2.45) is 0 Å². The molecule has 8 rings (SSSR count). The maximum absolute atomic E-state index is 10.1. The molecule has 44 heavy (non-hydrogen) atoms. The van der Waals surface area contributed by atoms with Crippen LogP contribution in [0.5, 0.6) is 5.88 Å². The van der Waals surface area contributed by atoms with Crippen molar-refractivity contribution in [1.29, 1.82) is 5.26 Å². The van der Waals surface area contributed by atoms with Crippen LogP contribution in [-0.4, -0.2) is 45.8 Å². The van der Waals surface area contributed by atoms with Crippen LogP contribution in [0.3, 0.4) is 0 Å². The third-order valence-electron chi connectivity index (χ3n) is 10.5. The summed E-state index contributed by atoms with van der Waals surface area (Å²) in [7, 11) is 2.17. The molecule has 0 amide bonds. The molecule has 0 radical (unpaired) electrons. The summed E-state index contributed by atoms with van der Waals surface area (Å²) in [4.78, 5) is 14.7. The van der Waals surface area contributed by atoms with E-state index in [1.807, 2.05) is 12.1 Å². The zero-order valence-corrected chi connectivity index (χ0v) is 25.3. The van der Waals surface area contributed by atoms with Crippen LogP contribution >= 0.6 is 0 Å². The number of anilines is 2. The predicted molar refractivity (Wildman–Crippen MR) is 167 cm³/mol. The molecule has 4 heterocycles. The summed E-state index contributed by atoms with van der Waals surface area (Å²) in [6.07, 6.45) is 6.69. The van der Waals surface area contributed by atoms with Gasteiger partial charge < -0.3 is 19.9 Å². The second-order valence-corrected chi connectivity index (χ2v) is 13.0. The van der Waals surface area contributed by atoms with E-state index in [0.717, 1.165) is 80.9 Å². The first-order chi connectivity index (χ1) is 21.4. The van der Waals surface area contributed by atoms with Crippen molar-refractivity contribution in [2.45, 2.75) is 82.5 Å². The molecule has 0 bridgehead atoms. The average molecular weight is 588 g/mol. The molecule has 2 aliphatic carbocycles. The molecule has 4 aliphatic rings. The summed E-state index contributed by atoms with van der Waals surface area (Å²) in [6, 6.07) is 17.2. The SMILES string of the molecule is CC(Oc1cc(N2Cc3ccccc3C2)nc(-c2noc3c2CCCC32CCc3ccc(N)c(C#N)c32)n1)C1CCCN1C. The van der Waals surface area contributed by atoms with Gasteiger partial charge in [0.05, 0.1) is 11.0 Å². The van der Waals surface area contributed by atoms with E-state index in [0.29, 0.717) is 34.7 Å². The Morgan fingerprint density at radius 3 is 2.64 bits per heavy atom. The fourth-order valence-corrected chi connectivity index (χ4v) is 8.30. The van der Waals surface area contributed by atoms with Crippen molar-refractivity contribution >= 4 is 11.5 Å². The molecule has 1 fully saturated rings. The van der Waals surface area contributed by atoms with Crippen molar-refractivity contribution in [1.82, 2.24) is 20.0 Å². The zero-order valence-electron chi connectivity index (χ0n) is 25.3. The van der Waals surface area contributed by atoms with Gasteiger partial charge in [0.1, 0.15) is 18.0 Å². The standard InChI is InChI=1S/C35H37N7O2/c1-21(28-10-6-16-41(28)2)43-30-17-29(42-19-23-7-3-4-8-24(23)20-42)38-34(39-30)32-25-9-5-14-35(33(25)44-40-32)15-13-22-11-12-27(37)26(18-36)31(22)35/h3-4,7-8,11-12,17,21,28H,5-6,9-10,13-16,19-20,37H2,1-2H3. The monoisotopic (exact) mass is 587 g/mol. The second-order valence-electron chi connectivity index (χ2n) is 13.0. The highest BCUT2D eigenvalue weighted by atomic mass is 16.5. The fraction of sp³-hybridized carbons (Fsp3) is 0.429. The van der Waals surface area contributed by atoms with Crippen molar-refractivity contribution in [3.8, 4) is 23.5 Å². The quantitative estimate of drug-likeness (QED) is 0.301. The fourth-order valence-electron chi connectivity index (χ4n) is 8.30. The number of nitriles is 1. The van der Waals surface area contributed by atoms with Crippen molar-refractivity contribution in [2.75, 3.05) is 24.2 Å². The van der Waals surface area contributed by atoms with Crippen molar-refractivity contribution < 1.29 is 9.26 Å². The van der Waals surface area contributed by atoms with Gasteiger partial charge >= 0.3 is 0 Å². The van der Waals surface area contributed by atoms with Crippen molar-refractivity contribution in [3.63, 3.8) is 0 Å². The first-order valence-electron chi connectivity index (χ1n) is 15.8. The van der Waals surface area contributed by atoms with Gasteiger partial charge in [0.25, 0.3) is 0 Å². The van der Waals surface area contributed by atoms with Crippen LogP contribution in [0.4, 0.5) is 11.5 Å². The lowest BCUT2D eigenvalue weighted by Gasteiger charge is -2.33. The van der Waals surface area contributed by atoms with E-state index in [2.05, 4.69) is 65.3 Å². The number of hydrogen-bond donors (Lipinski definition) is 1. The number of aromatic nitrogens is 3. The lowest BCUT2D eigenvalue weighted by molar-refractivity contribution is 0.117. The lowest BCUT2D eigenvalue weighted by Crippen LogP contribution is -2.38. The molecule has 0 saturated carbocycles. The van der Waals surface area contributed by atoms with Gasteiger partial charge in [-0.05, 0) is 93.8 Å². The first-order valence-corrected chi connectivity index (χ1v) is 15.8. The van der Waals surface area contributed by atoms with Gasteiger partial charge in [0.15, 0.2) is 17.3 Å². The normalized spacial score (nSPS) is 22.9. The second kappa shape index (κ2) is 10.3. The van der Waals surface area contributed by atoms with E-state index in [1.54, 1.807) is 0 Å². The Hall–Kier alpha value is -4.42. The summed E-state index contributed by atoms with van der Waals surface area (Å²) in [5.41, 5.74) is 13.5. The average Bonchev–Trinajstić information content (AvgIpc) is 3.83. The smallest absolute Gasteiger partial charge is 0.219 e. The van der Waals surface area contributed by atoms with E-state index >= 15 is 0 Å². The number of fused-ring (bicyclic) bond motifs is 5. The van der Waals surface area contributed by atoms with Crippen LogP contribution in [0.2, 0.25) is 0 Å². The van der Waals surface area contributed by atoms with Crippen LogP contribution in [-0.2, 0) is 31.3 Å². The summed E-state index contributed by atoms with van der Waals surface area (Å²) < 4.78 is 12.9. The molecule has 2 aliphatic heterocycles. The molecule has 2 aromatic carbocycles. The van der Waals surface area contributed by atoms with Crippen LogP contribution < -0.4 is 15.4 Å². The number of hydrogen-bond acceptors (Lipinski definition) is 9. The van der Waals surface area contributed by atoms with Crippen LogP contribution in [0.15, 0.2) is 47.0 Å². The Morgan fingerprint density at radius 2 is 1.89 bits per heavy atom. The highest BCUT2D eigenvalue weighted by Crippen LogP contribution is 2.54. The Morgan fingerprint density at radius 1 is 1.07 bits per heavy atom. The van der Waals surface area contributed by atoms with Gasteiger partial charge in [-0.25, -0.2) is 4.98 Å². The van der Waals surface area contributed by atoms with E-state index in [1.165, 1.54) is 23.1 Å². The largest absolute Gasteiger partial charge is 0.473 e. The third-order valence-corrected chi connectivity index (χ3v) is 10.5. The number of benzene rings is 2.